The Bertz CT molecular complexity index is 427. The molecule has 2 aliphatic rings. The highest BCUT2D eigenvalue weighted by molar-refractivity contribution is 5.11. The molecule has 8 atom stereocenters. The van der Waals surface area contributed by atoms with Crippen molar-refractivity contribution in [1.82, 2.24) is 10.6 Å². The molecule has 0 saturated carbocycles. The Morgan fingerprint density at radius 1 is 1.12 bits per heavy atom. The monoisotopic (exact) mass is 352 g/mol. The molecule has 142 valence electrons. The van der Waals surface area contributed by atoms with Crippen LogP contribution >= 0.6 is 0 Å². The van der Waals surface area contributed by atoms with Gasteiger partial charge in [-0.2, -0.15) is 0 Å². The molecule has 0 spiro atoms. The van der Waals surface area contributed by atoms with E-state index in [1.807, 2.05) is 6.92 Å². The summed E-state index contributed by atoms with van der Waals surface area (Å²) >= 11 is 0. The van der Waals surface area contributed by atoms with Gasteiger partial charge in [-0.25, -0.2) is 4.39 Å². The Hall–Kier alpha value is -0.390. The molecule has 8 nitrogen and oxygen atoms in total. The van der Waals surface area contributed by atoms with Gasteiger partial charge in [0.25, 0.3) is 5.85 Å². The summed E-state index contributed by atoms with van der Waals surface area (Å²) in [5.41, 5.74) is -1.49. The van der Waals surface area contributed by atoms with Crippen molar-refractivity contribution in [3.05, 3.63) is 0 Å². The first-order valence-corrected chi connectivity index (χ1v) is 8.36. The molecule has 24 heavy (non-hydrogen) atoms. The molecular weight excluding hydrogens is 323 g/mol. The summed E-state index contributed by atoms with van der Waals surface area (Å²) in [5.74, 6) is -2.91. The molecule has 0 aromatic rings. The van der Waals surface area contributed by atoms with Gasteiger partial charge in [0.1, 0.15) is 12.2 Å². The van der Waals surface area contributed by atoms with Gasteiger partial charge in [0, 0.05) is 12.6 Å². The first kappa shape index (κ1) is 19.9. The van der Waals surface area contributed by atoms with Gasteiger partial charge < -0.3 is 35.6 Å². The molecule has 2 fully saturated rings. The molecule has 2 saturated heterocycles. The molecule has 0 amide bonds. The molecule has 0 aliphatic carbocycles. The van der Waals surface area contributed by atoms with Crippen LogP contribution in [0.15, 0.2) is 0 Å². The maximum atomic E-state index is 14.5. The van der Waals surface area contributed by atoms with Crippen LogP contribution in [0.25, 0.3) is 0 Å². The number of alkyl halides is 1. The van der Waals surface area contributed by atoms with Crippen LogP contribution in [0, 0.1) is 0 Å². The topological polar surface area (TPSA) is 134 Å². The van der Waals surface area contributed by atoms with Crippen molar-refractivity contribution >= 4 is 0 Å². The zero-order valence-electron chi connectivity index (χ0n) is 14.0. The molecule has 0 aromatic heterocycles. The van der Waals surface area contributed by atoms with Crippen LogP contribution in [-0.2, 0) is 4.74 Å². The lowest BCUT2D eigenvalue weighted by Gasteiger charge is -2.34. The van der Waals surface area contributed by atoms with Crippen LogP contribution in [0.2, 0.25) is 0 Å². The average molecular weight is 352 g/mol. The Balaban J connectivity index is 1.96. The fourth-order valence-corrected chi connectivity index (χ4v) is 3.64. The zero-order valence-corrected chi connectivity index (χ0v) is 14.0. The lowest BCUT2D eigenvalue weighted by Crippen LogP contribution is -2.55. The third kappa shape index (κ3) is 3.32. The second-order valence-corrected chi connectivity index (χ2v) is 6.93. The van der Waals surface area contributed by atoms with E-state index in [-0.39, 0.29) is 25.7 Å². The van der Waals surface area contributed by atoms with Crippen molar-refractivity contribution in [2.45, 2.75) is 74.5 Å². The summed E-state index contributed by atoms with van der Waals surface area (Å²) in [4.78, 5) is 0. The van der Waals surface area contributed by atoms with Crippen molar-refractivity contribution in [3.63, 3.8) is 0 Å². The molecule has 2 rings (SSSR count). The number of hydrogen-bond donors (Lipinski definition) is 7. The first-order valence-electron chi connectivity index (χ1n) is 8.36. The van der Waals surface area contributed by atoms with Gasteiger partial charge in [-0.05, 0) is 19.8 Å². The smallest absolute Gasteiger partial charge is 0.252 e. The van der Waals surface area contributed by atoms with Crippen LogP contribution in [0.4, 0.5) is 4.39 Å². The molecule has 9 heteroatoms. The zero-order chi connectivity index (χ0) is 18.1. The second kappa shape index (κ2) is 7.46. The SMILES string of the molecule is CC[C@@H]1N[C@H](CO)[C@H](O)[C@H]1OCC[C@@]1(C)N[C@H](CO)[C@@H](O)[C@]1(O)F. The van der Waals surface area contributed by atoms with Gasteiger partial charge in [0.2, 0.25) is 0 Å². The van der Waals surface area contributed by atoms with E-state index >= 15 is 0 Å². The van der Waals surface area contributed by atoms with Crippen LogP contribution < -0.4 is 10.6 Å². The van der Waals surface area contributed by atoms with Gasteiger partial charge in [-0.3, -0.25) is 5.32 Å². The fraction of sp³-hybridized carbons (Fsp3) is 1.00. The summed E-state index contributed by atoms with van der Waals surface area (Å²) in [5, 5.41) is 54.1. The number of hydrogen-bond acceptors (Lipinski definition) is 8. The van der Waals surface area contributed by atoms with E-state index in [0.717, 1.165) is 0 Å². The van der Waals surface area contributed by atoms with Gasteiger partial charge in [0.05, 0.1) is 36.9 Å². The molecule has 7 N–H and O–H groups in total. The normalized spacial score (nSPS) is 49.0. The van der Waals surface area contributed by atoms with Crippen molar-refractivity contribution in [2.75, 3.05) is 19.8 Å². The molecule has 0 aromatic carbocycles. The van der Waals surface area contributed by atoms with Crippen LogP contribution in [0.3, 0.4) is 0 Å². The Morgan fingerprint density at radius 3 is 2.25 bits per heavy atom. The average Bonchev–Trinajstić information content (AvgIpc) is 2.95. The van der Waals surface area contributed by atoms with E-state index in [1.165, 1.54) is 6.92 Å². The van der Waals surface area contributed by atoms with Crippen LogP contribution in [-0.4, -0.2) is 93.2 Å². The minimum Gasteiger partial charge on any atom is -0.395 e. The molecule has 0 radical (unpaired) electrons. The highest BCUT2D eigenvalue weighted by atomic mass is 19.2. The largest absolute Gasteiger partial charge is 0.395 e. The van der Waals surface area contributed by atoms with Crippen LogP contribution in [0.5, 0.6) is 0 Å². The first-order chi connectivity index (χ1) is 11.2. The molecule has 0 bridgehead atoms. The van der Waals surface area contributed by atoms with E-state index in [1.54, 1.807) is 0 Å². The number of aliphatic hydroxyl groups excluding tert-OH is 4. The molecule has 2 heterocycles. The second-order valence-electron chi connectivity index (χ2n) is 6.93. The summed E-state index contributed by atoms with van der Waals surface area (Å²) in [7, 11) is 0. The summed E-state index contributed by atoms with van der Waals surface area (Å²) in [6.07, 6.45) is -2.47. The lowest BCUT2D eigenvalue weighted by atomic mass is 9.89. The Morgan fingerprint density at radius 2 is 1.75 bits per heavy atom. The highest BCUT2D eigenvalue weighted by Gasteiger charge is 2.61. The van der Waals surface area contributed by atoms with Gasteiger partial charge in [-0.15, -0.1) is 0 Å². The van der Waals surface area contributed by atoms with Gasteiger partial charge in [-0.1, -0.05) is 6.92 Å². The quantitative estimate of drug-likeness (QED) is 0.270. The maximum Gasteiger partial charge on any atom is 0.252 e. The van der Waals surface area contributed by atoms with Gasteiger partial charge in [0.15, 0.2) is 0 Å². The van der Waals surface area contributed by atoms with E-state index in [9.17, 15) is 24.8 Å². The van der Waals surface area contributed by atoms with Crippen molar-refractivity contribution in [2.24, 2.45) is 0 Å². The molecular formula is C15H29FN2O6. The van der Waals surface area contributed by atoms with Crippen LogP contribution in [0.1, 0.15) is 26.7 Å². The summed E-state index contributed by atoms with van der Waals surface area (Å²) in [6.45, 7) is 2.63. The fourth-order valence-electron chi connectivity index (χ4n) is 3.64. The molecule has 2 aliphatic heterocycles. The lowest BCUT2D eigenvalue weighted by molar-refractivity contribution is -0.192. The number of nitrogens with one attached hydrogen (secondary N) is 2. The Kier molecular flexibility index (Phi) is 6.20. The van der Waals surface area contributed by atoms with Crippen molar-refractivity contribution < 1.29 is 34.7 Å². The third-order valence-corrected chi connectivity index (χ3v) is 5.37. The molecule has 0 unspecified atom stereocenters. The number of halogens is 1. The van der Waals surface area contributed by atoms with Crippen molar-refractivity contribution in [1.29, 1.82) is 0 Å². The number of ether oxygens (including phenoxy) is 1. The predicted octanol–water partition coefficient (Wildman–Crippen LogP) is -2.39. The van der Waals surface area contributed by atoms with E-state index in [2.05, 4.69) is 10.6 Å². The minimum atomic E-state index is -2.91. The van der Waals surface area contributed by atoms with E-state index < -0.39 is 48.4 Å². The third-order valence-electron chi connectivity index (χ3n) is 5.37. The minimum absolute atomic E-state index is 0.0248. The van der Waals surface area contributed by atoms with Gasteiger partial charge >= 0.3 is 0 Å². The number of aliphatic hydroxyl groups is 5. The standard InChI is InChI=1S/C15H29FN2O6/c1-3-8-12(11(21)9(6-19)17-8)24-5-4-14(2)15(16,23)13(22)10(7-20)18-14/h8-13,17-23H,3-7H2,1-2H3/t8-,9+,10+,11-,12-,13+,14+,15+/m0/s1. The number of rotatable bonds is 7. The van der Waals surface area contributed by atoms with E-state index in [0.29, 0.717) is 6.42 Å². The maximum absolute atomic E-state index is 14.5. The van der Waals surface area contributed by atoms with Crippen molar-refractivity contribution in [3.8, 4) is 0 Å². The Labute approximate surface area is 140 Å². The summed E-state index contributed by atoms with van der Waals surface area (Å²) < 4.78 is 20.2. The predicted molar refractivity (Wildman–Crippen MR) is 82.9 cm³/mol. The highest BCUT2D eigenvalue weighted by Crippen LogP contribution is 2.38. The van der Waals surface area contributed by atoms with E-state index in [4.69, 9.17) is 9.84 Å². The summed E-state index contributed by atoms with van der Waals surface area (Å²) in [6, 6.07) is -1.58.